The molecule has 0 spiro atoms. The average molecular weight is 447 g/mol. The minimum absolute atomic E-state index is 0.0743. The number of methoxy groups -OCH3 is 1. The molecule has 6 nitrogen and oxygen atoms in total. The number of halogens is 1. The van der Waals surface area contributed by atoms with Crippen molar-refractivity contribution in [1.29, 1.82) is 0 Å². The molecule has 1 aromatic heterocycles. The number of hydrogen-bond acceptors (Lipinski definition) is 5. The lowest BCUT2D eigenvalue weighted by atomic mass is 9.95. The molecule has 2 heterocycles. The monoisotopic (exact) mass is 446 g/mol. The van der Waals surface area contributed by atoms with Crippen molar-refractivity contribution in [3.05, 3.63) is 51.9 Å². The Morgan fingerprint density at radius 3 is 2.32 bits per heavy atom. The fourth-order valence-corrected chi connectivity index (χ4v) is 3.38. The second-order valence-corrected chi connectivity index (χ2v) is 8.93. The van der Waals surface area contributed by atoms with E-state index in [0.717, 1.165) is 40.5 Å². The smallest absolute Gasteiger partial charge is 0.253 e. The zero-order valence-electron chi connectivity index (χ0n) is 16.9. The van der Waals surface area contributed by atoms with E-state index >= 15 is 0 Å². The number of rotatable bonds is 4. The molecule has 1 aromatic carbocycles. The van der Waals surface area contributed by atoms with Crippen molar-refractivity contribution in [1.82, 2.24) is 14.9 Å². The molecule has 7 heteroatoms. The van der Waals surface area contributed by atoms with E-state index in [1.807, 2.05) is 35.2 Å². The minimum atomic E-state index is -0.141. The van der Waals surface area contributed by atoms with Crippen LogP contribution >= 0.6 is 15.9 Å². The van der Waals surface area contributed by atoms with Gasteiger partial charge in [-0.1, -0.05) is 36.7 Å². The van der Waals surface area contributed by atoms with Crippen LogP contribution < -0.4 is 4.90 Å². The maximum atomic E-state index is 12.7. The molecule has 28 heavy (non-hydrogen) atoms. The maximum Gasteiger partial charge on any atom is 0.253 e. The van der Waals surface area contributed by atoms with E-state index in [1.54, 1.807) is 7.11 Å². The number of benzene rings is 1. The summed E-state index contributed by atoms with van der Waals surface area (Å²) in [6, 6.07) is 9.50. The molecule has 0 saturated carbocycles. The normalized spacial score (nSPS) is 15.0. The number of amides is 1. The van der Waals surface area contributed by atoms with Crippen LogP contribution in [0.5, 0.6) is 0 Å². The molecule has 0 radical (unpaired) electrons. The van der Waals surface area contributed by atoms with Crippen LogP contribution in [0.15, 0.2) is 34.8 Å². The molecule has 0 bridgehead atoms. The summed E-state index contributed by atoms with van der Waals surface area (Å²) < 4.78 is 6.25. The van der Waals surface area contributed by atoms with Gasteiger partial charge >= 0.3 is 0 Å². The van der Waals surface area contributed by atoms with Gasteiger partial charge in [0, 0.05) is 54.8 Å². The van der Waals surface area contributed by atoms with Crippen LogP contribution in [0.4, 0.5) is 5.82 Å². The van der Waals surface area contributed by atoms with E-state index in [9.17, 15) is 4.79 Å². The fourth-order valence-electron chi connectivity index (χ4n) is 3.12. The van der Waals surface area contributed by atoms with Gasteiger partial charge < -0.3 is 14.5 Å². The van der Waals surface area contributed by atoms with Gasteiger partial charge in [-0.2, -0.15) is 0 Å². The Morgan fingerprint density at radius 2 is 1.75 bits per heavy atom. The summed E-state index contributed by atoms with van der Waals surface area (Å²) in [6.45, 7) is 9.62. The predicted molar refractivity (Wildman–Crippen MR) is 114 cm³/mol. The van der Waals surface area contributed by atoms with Crippen molar-refractivity contribution in [2.24, 2.45) is 0 Å². The third kappa shape index (κ3) is 4.89. The molecule has 0 atom stereocenters. The molecule has 3 rings (SSSR count). The van der Waals surface area contributed by atoms with Gasteiger partial charge in [-0.25, -0.2) is 9.97 Å². The summed E-state index contributed by atoms with van der Waals surface area (Å²) in [6.07, 6.45) is 0. The molecule has 1 saturated heterocycles. The Labute approximate surface area is 175 Å². The molecule has 0 N–H and O–H groups in total. The first kappa shape index (κ1) is 20.7. The van der Waals surface area contributed by atoms with Crippen molar-refractivity contribution in [3.8, 4) is 0 Å². The molecule has 1 amide bonds. The van der Waals surface area contributed by atoms with Gasteiger partial charge in [0.2, 0.25) is 0 Å². The lowest BCUT2D eigenvalue weighted by Crippen LogP contribution is -2.49. The number of hydrogen-bond donors (Lipinski definition) is 0. The van der Waals surface area contributed by atoms with Crippen molar-refractivity contribution in [2.45, 2.75) is 32.8 Å². The quantitative estimate of drug-likeness (QED) is 0.717. The van der Waals surface area contributed by atoms with Crippen molar-refractivity contribution >= 4 is 27.7 Å². The molecule has 1 fully saturated rings. The van der Waals surface area contributed by atoms with Crippen molar-refractivity contribution < 1.29 is 9.53 Å². The summed E-state index contributed by atoms with van der Waals surface area (Å²) >= 11 is 3.41. The Morgan fingerprint density at radius 1 is 1.11 bits per heavy atom. The Bertz CT molecular complexity index is 825. The van der Waals surface area contributed by atoms with E-state index in [0.29, 0.717) is 19.7 Å². The zero-order valence-corrected chi connectivity index (χ0v) is 18.5. The van der Waals surface area contributed by atoms with Crippen LogP contribution in [0.1, 0.15) is 42.6 Å². The van der Waals surface area contributed by atoms with Gasteiger partial charge in [0.15, 0.2) is 0 Å². The highest BCUT2D eigenvalue weighted by Crippen LogP contribution is 2.24. The van der Waals surface area contributed by atoms with Crippen LogP contribution in [-0.4, -0.2) is 54.1 Å². The lowest BCUT2D eigenvalue weighted by molar-refractivity contribution is 0.0746. The molecule has 0 aliphatic carbocycles. The number of anilines is 1. The highest BCUT2D eigenvalue weighted by atomic mass is 79.9. The van der Waals surface area contributed by atoms with Crippen LogP contribution in [0.3, 0.4) is 0 Å². The number of carbonyl (C=O) groups is 1. The third-order valence-corrected chi connectivity index (χ3v) is 5.24. The number of nitrogens with zero attached hydrogens (tertiary/aromatic N) is 4. The van der Waals surface area contributed by atoms with Crippen LogP contribution in [0.25, 0.3) is 0 Å². The molecule has 1 aliphatic heterocycles. The first-order valence-electron chi connectivity index (χ1n) is 9.45. The number of aromatic nitrogens is 2. The first-order valence-corrected chi connectivity index (χ1v) is 10.2. The van der Waals surface area contributed by atoms with Gasteiger partial charge in [0.05, 0.1) is 12.3 Å². The molecular formula is C21H27BrN4O2. The van der Waals surface area contributed by atoms with Crippen molar-refractivity contribution in [2.75, 3.05) is 38.2 Å². The topological polar surface area (TPSA) is 58.6 Å². The molecule has 0 unspecified atom stereocenters. The molecule has 150 valence electrons. The van der Waals surface area contributed by atoms with Crippen LogP contribution in [-0.2, 0) is 16.8 Å². The first-order chi connectivity index (χ1) is 13.3. The molecule has 1 aliphatic rings. The second-order valence-electron chi connectivity index (χ2n) is 8.01. The number of ether oxygens (including phenoxy) is 1. The minimum Gasteiger partial charge on any atom is -0.378 e. The Kier molecular flexibility index (Phi) is 6.35. The standard InChI is InChI=1S/C21H27BrN4O2/c1-21(2,3)20-23-17(14-28-4)13-18(24-20)25-9-11-26(12-10-25)19(27)15-5-7-16(22)8-6-15/h5-8,13H,9-12,14H2,1-4H3. The Hall–Kier alpha value is -1.99. The predicted octanol–water partition coefficient (Wildman–Crippen LogP) is 3.65. The van der Waals surface area contributed by atoms with Gasteiger partial charge in [-0.05, 0) is 24.3 Å². The summed E-state index contributed by atoms with van der Waals surface area (Å²) in [4.78, 5) is 26.3. The van der Waals surface area contributed by atoms with E-state index in [4.69, 9.17) is 9.72 Å². The zero-order chi connectivity index (χ0) is 20.3. The molecular weight excluding hydrogens is 420 g/mol. The van der Waals surface area contributed by atoms with E-state index in [2.05, 4.69) is 46.6 Å². The SMILES string of the molecule is COCc1cc(N2CCN(C(=O)c3ccc(Br)cc3)CC2)nc(C(C)(C)C)n1. The van der Waals surface area contributed by atoms with E-state index in [1.165, 1.54) is 0 Å². The third-order valence-electron chi connectivity index (χ3n) is 4.71. The highest BCUT2D eigenvalue weighted by Gasteiger charge is 2.25. The van der Waals surface area contributed by atoms with Gasteiger partial charge in [0.1, 0.15) is 11.6 Å². The lowest BCUT2D eigenvalue weighted by Gasteiger charge is -2.36. The average Bonchev–Trinajstić information content (AvgIpc) is 2.67. The van der Waals surface area contributed by atoms with E-state index in [-0.39, 0.29) is 11.3 Å². The number of carbonyl (C=O) groups excluding carboxylic acids is 1. The van der Waals surface area contributed by atoms with Crippen LogP contribution in [0.2, 0.25) is 0 Å². The van der Waals surface area contributed by atoms with E-state index < -0.39 is 0 Å². The summed E-state index contributed by atoms with van der Waals surface area (Å²) in [5.74, 6) is 1.79. The number of piperazine rings is 1. The van der Waals surface area contributed by atoms with Crippen LogP contribution in [0, 0.1) is 0 Å². The van der Waals surface area contributed by atoms with Gasteiger partial charge in [0.25, 0.3) is 5.91 Å². The largest absolute Gasteiger partial charge is 0.378 e. The Balaban J connectivity index is 1.73. The van der Waals surface area contributed by atoms with Gasteiger partial charge in [-0.3, -0.25) is 4.79 Å². The maximum absolute atomic E-state index is 12.7. The highest BCUT2D eigenvalue weighted by molar-refractivity contribution is 9.10. The molecule has 2 aromatic rings. The second kappa shape index (κ2) is 8.57. The summed E-state index contributed by atoms with van der Waals surface area (Å²) in [5, 5.41) is 0. The summed E-state index contributed by atoms with van der Waals surface area (Å²) in [7, 11) is 1.67. The fraction of sp³-hybridized carbons (Fsp3) is 0.476. The van der Waals surface area contributed by atoms with Gasteiger partial charge in [-0.15, -0.1) is 0 Å². The summed E-state index contributed by atoms with van der Waals surface area (Å²) in [5.41, 5.74) is 1.46. The van der Waals surface area contributed by atoms with Crippen molar-refractivity contribution in [3.63, 3.8) is 0 Å².